The quantitative estimate of drug-likeness (QED) is 0.406. The van der Waals surface area contributed by atoms with E-state index in [1.807, 2.05) is 6.08 Å². The highest BCUT2D eigenvalue weighted by atomic mass is 16.9. The number of hydrogen-bond acceptors (Lipinski definition) is 2. The molecule has 0 amide bonds. The van der Waals surface area contributed by atoms with Crippen molar-refractivity contribution in [2.75, 3.05) is 6.54 Å². The van der Waals surface area contributed by atoms with Gasteiger partial charge in [-0.2, -0.15) is 5.23 Å². The summed E-state index contributed by atoms with van der Waals surface area (Å²) < 4.78 is 0. The van der Waals surface area contributed by atoms with Crippen molar-refractivity contribution in [2.24, 2.45) is 0 Å². The molecular formula is C4H7NO2. The molecule has 0 aromatic rings. The highest BCUT2D eigenvalue weighted by molar-refractivity contribution is 4.72. The number of nitrogens with one attached hydrogen (secondary N) is 1. The summed E-state index contributed by atoms with van der Waals surface area (Å²) in [5.74, 6) is 0. The third kappa shape index (κ3) is 1.17. The second-order valence-corrected chi connectivity index (χ2v) is 1.40. The smallest absolute Gasteiger partial charge is 0.151 e. The lowest BCUT2D eigenvalue weighted by Crippen LogP contribution is -3.06. The first-order valence-electron chi connectivity index (χ1n) is 2.24. The van der Waals surface area contributed by atoms with Crippen LogP contribution >= 0.6 is 0 Å². The average Bonchev–Trinajstić information content (AvgIpc) is 1.69. The van der Waals surface area contributed by atoms with Crippen molar-refractivity contribution in [1.82, 2.24) is 0 Å². The molecule has 0 saturated heterocycles. The van der Waals surface area contributed by atoms with Crippen LogP contribution < -0.4 is 5.23 Å². The van der Waals surface area contributed by atoms with Gasteiger partial charge in [0.25, 0.3) is 0 Å². The van der Waals surface area contributed by atoms with E-state index in [2.05, 4.69) is 4.84 Å². The lowest BCUT2D eigenvalue weighted by Gasteiger charge is -2.19. The maximum atomic E-state index is 10.2. The number of hydroxylamine groups is 2. The van der Waals surface area contributed by atoms with E-state index in [-0.39, 0.29) is 5.23 Å². The van der Waals surface area contributed by atoms with Crippen LogP contribution in [0.3, 0.4) is 0 Å². The van der Waals surface area contributed by atoms with Crippen molar-refractivity contribution < 1.29 is 10.1 Å². The average molecular weight is 101 g/mol. The van der Waals surface area contributed by atoms with Gasteiger partial charge in [0.15, 0.2) is 6.26 Å². The maximum absolute atomic E-state index is 10.2. The summed E-state index contributed by atoms with van der Waals surface area (Å²) in [6.45, 7) is 0.538. The molecule has 0 aromatic carbocycles. The lowest BCUT2D eigenvalue weighted by molar-refractivity contribution is -1.04. The molecule has 0 aliphatic carbocycles. The molecule has 3 heteroatoms. The lowest BCUT2D eigenvalue weighted by atomic mass is 10.4. The Kier molecular flexibility index (Phi) is 1.29. The zero-order chi connectivity index (χ0) is 5.11. The Morgan fingerprint density at radius 2 is 2.57 bits per heavy atom. The molecule has 0 bridgehead atoms. The zero-order valence-electron chi connectivity index (χ0n) is 3.89. The van der Waals surface area contributed by atoms with Crippen molar-refractivity contribution in [3.63, 3.8) is 0 Å². The van der Waals surface area contributed by atoms with Gasteiger partial charge in [-0.15, -0.1) is 0 Å². The first kappa shape index (κ1) is 4.61. The number of hydrogen-bond donors (Lipinski definition) is 1. The Morgan fingerprint density at radius 1 is 1.71 bits per heavy atom. The van der Waals surface area contributed by atoms with Crippen LogP contribution in [0.4, 0.5) is 0 Å². The molecule has 0 radical (unpaired) electrons. The molecule has 40 valence electrons. The first-order valence-corrected chi connectivity index (χ1v) is 2.24. The van der Waals surface area contributed by atoms with Crippen LogP contribution in [0.5, 0.6) is 0 Å². The summed E-state index contributed by atoms with van der Waals surface area (Å²) in [4.78, 5) is 4.46. The summed E-state index contributed by atoms with van der Waals surface area (Å²) in [5, 5.41) is 10.1. The molecule has 1 heterocycles. The van der Waals surface area contributed by atoms with Gasteiger partial charge in [0, 0.05) is 6.42 Å². The van der Waals surface area contributed by atoms with Gasteiger partial charge in [-0.3, -0.25) is 0 Å². The second-order valence-electron chi connectivity index (χ2n) is 1.40. The van der Waals surface area contributed by atoms with Crippen LogP contribution in [-0.2, 0) is 4.84 Å². The van der Waals surface area contributed by atoms with E-state index in [1.54, 1.807) is 0 Å². The SMILES string of the molecule is [O-][NH+]1CCC=CO1. The highest BCUT2D eigenvalue weighted by Crippen LogP contribution is 1.81. The van der Waals surface area contributed by atoms with Crippen molar-refractivity contribution in [1.29, 1.82) is 0 Å². The van der Waals surface area contributed by atoms with Crippen molar-refractivity contribution >= 4 is 0 Å². The van der Waals surface area contributed by atoms with Crippen LogP contribution in [0.1, 0.15) is 6.42 Å². The summed E-state index contributed by atoms with van der Waals surface area (Å²) in [6.07, 6.45) is 4.10. The van der Waals surface area contributed by atoms with E-state index in [4.69, 9.17) is 0 Å². The molecule has 1 aliphatic heterocycles. The van der Waals surface area contributed by atoms with E-state index < -0.39 is 0 Å². The van der Waals surface area contributed by atoms with Crippen LogP contribution in [0.2, 0.25) is 0 Å². The standard InChI is InChI=1S/C4H7NO2/c6-5-3-1-2-4-7-5/h2,4-5H,1,3H2. The minimum absolute atomic E-state index is 0.123. The number of quaternary nitrogens is 1. The molecule has 0 fully saturated rings. The monoisotopic (exact) mass is 101 g/mol. The Bertz CT molecular complexity index is 81.8. The molecule has 1 N–H and O–H groups in total. The van der Waals surface area contributed by atoms with Gasteiger partial charge in [-0.1, -0.05) is 0 Å². The fourth-order valence-electron chi connectivity index (χ4n) is 0.452. The fraction of sp³-hybridized carbons (Fsp3) is 0.500. The van der Waals surface area contributed by atoms with E-state index in [9.17, 15) is 5.21 Å². The topological polar surface area (TPSA) is 36.7 Å². The molecule has 1 unspecified atom stereocenters. The van der Waals surface area contributed by atoms with E-state index in [0.717, 1.165) is 6.42 Å². The van der Waals surface area contributed by atoms with Crippen molar-refractivity contribution in [2.45, 2.75) is 6.42 Å². The Labute approximate surface area is 41.7 Å². The summed E-state index contributed by atoms with van der Waals surface area (Å²) >= 11 is 0. The van der Waals surface area contributed by atoms with Crippen LogP contribution in [0.25, 0.3) is 0 Å². The van der Waals surface area contributed by atoms with Crippen LogP contribution in [0.15, 0.2) is 12.3 Å². The van der Waals surface area contributed by atoms with Gasteiger partial charge in [0.2, 0.25) is 0 Å². The molecule has 1 aliphatic rings. The Balaban J connectivity index is 2.32. The van der Waals surface area contributed by atoms with Crippen LogP contribution in [0, 0.1) is 5.21 Å². The Hall–Kier alpha value is -0.540. The van der Waals surface area contributed by atoms with Crippen LogP contribution in [-0.4, -0.2) is 6.54 Å². The molecular weight excluding hydrogens is 94.0 g/mol. The third-order valence-corrected chi connectivity index (χ3v) is 0.811. The van der Waals surface area contributed by atoms with Crippen molar-refractivity contribution in [3.05, 3.63) is 17.5 Å². The van der Waals surface area contributed by atoms with Gasteiger partial charge in [-0.25, -0.2) is 0 Å². The minimum Gasteiger partial charge on any atom is -0.591 e. The largest absolute Gasteiger partial charge is 0.591 e. The van der Waals surface area contributed by atoms with E-state index in [0.29, 0.717) is 6.54 Å². The van der Waals surface area contributed by atoms with Gasteiger partial charge in [0.1, 0.15) is 6.54 Å². The van der Waals surface area contributed by atoms with E-state index >= 15 is 0 Å². The third-order valence-electron chi connectivity index (χ3n) is 0.811. The van der Waals surface area contributed by atoms with E-state index in [1.165, 1.54) is 6.26 Å². The van der Waals surface area contributed by atoms with Crippen molar-refractivity contribution in [3.8, 4) is 0 Å². The molecule has 1 atom stereocenters. The second kappa shape index (κ2) is 1.95. The predicted molar refractivity (Wildman–Crippen MR) is 24.0 cm³/mol. The molecule has 0 aromatic heterocycles. The molecule has 3 nitrogen and oxygen atoms in total. The fourth-order valence-corrected chi connectivity index (χ4v) is 0.452. The normalized spacial score (nSPS) is 29.6. The maximum Gasteiger partial charge on any atom is 0.151 e. The predicted octanol–water partition coefficient (Wildman–Crippen LogP) is -0.782. The molecule has 0 saturated carbocycles. The van der Waals surface area contributed by atoms with Gasteiger partial charge >= 0.3 is 0 Å². The minimum atomic E-state index is -0.123. The van der Waals surface area contributed by atoms with Gasteiger partial charge in [0.05, 0.1) is 0 Å². The molecule has 0 spiro atoms. The van der Waals surface area contributed by atoms with Gasteiger partial charge in [-0.05, 0) is 6.08 Å². The first-order chi connectivity index (χ1) is 3.39. The summed E-state index contributed by atoms with van der Waals surface area (Å²) in [7, 11) is 0. The summed E-state index contributed by atoms with van der Waals surface area (Å²) in [5.41, 5.74) is 0. The molecule has 7 heavy (non-hydrogen) atoms. The summed E-state index contributed by atoms with van der Waals surface area (Å²) in [6, 6.07) is 0. The van der Waals surface area contributed by atoms with Gasteiger partial charge < -0.3 is 10.0 Å². The Morgan fingerprint density at radius 3 is 2.86 bits per heavy atom. The zero-order valence-corrected chi connectivity index (χ0v) is 3.89. The number of rotatable bonds is 0. The molecule has 1 rings (SSSR count). The highest BCUT2D eigenvalue weighted by Gasteiger charge is 1.96.